The van der Waals surface area contributed by atoms with Gasteiger partial charge in [-0.2, -0.15) is 0 Å². The van der Waals surface area contributed by atoms with Crippen LogP contribution in [0, 0.1) is 5.41 Å². The maximum absolute atomic E-state index is 12.1. The van der Waals surface area contributed by atoms with Gasteiger partial charge in [0.15, 0.2) is 0 Å². The van der Waals surface area contributed by atoms with Crippen molar-refractivity contribution in [3.8, 4) is 0 Å². The first-order valence-corrected chi connectivity index (χ1v) is 7.92. The van der Waals surface area contributed by atoms with Crippen molar-refractivity contribution in [2.45, 2.75) is 72.8 Å². The first kappa shape index (κ1) is 19.7. The molecule has 0 saturated heterocycles. The Kier molecular flexibility index (Phi) is 9.84. The smallest absolute Gasteiger partial charge is 0.407 e. The predicted molar refractivity (Wildman–Crippen MR) is 83.1 cm³/mol. The molecule has 1 unspecified atom stereocenters. The number of hydrogen-bond acceptors (Lipinski definition) is 4. The highest BCUT2D eigenvalue weighted by Gasteiger charge is 2.34. The van der Waals surface area contributed by atoms with Gasteiger partial charge < -0.3 is 14.8 Å². The van der Waals surface area contributed by atoms with Crippen LogP contribution in [-0.2, 0) is 14.3 Å². The maximum atomic E-state index is 12.1. The van der Waals surface area contributed by atoms with E-state index in [0.717, 1.165) is 32.1 Å². The van der Waals surface area contributed by atoms with Crippen LogP contribution in [-0.4, -0.2) is 31.3 Å². The summed E-state index contributed by atoms with van der Waals surface area (Å²) in [6.45, 7) is 10.5. The second-order valence-corrected chi connectivity index (χ2v) is 6.31. The van der Waals surface area contributed by atoms with Crippen LogP contribution in [0.5, 0.6) is 0 Å². The van der Waals surface area contributed by atoms with Crippen LogP contribution in [0.25, 0.3) is 0 Å². The minimum absolute atomic E-state index is 0.366. The number of nitrogens with one attached hydrogen (secondary N) is 1. The minimum atomic E-state index is -0.701. The van der Waals surface area contributed by atoms with Gasteiger partial charge >= 0.3 is 12.1 Å². The molecule has 1 N–H and O–H groups in total. The molecule has 0 bridgehead atoms. The molecule has 0 fully saturated rings. The molecule has 0 spiro atoms. The lowest BCUT2D eigenvalue weighted by Gasteiger charge is -2.29. The number of amides is 1. The van der Waals surface area contributed by atoms with E-state index in [1.807, 2.05) is 27.7 Å². The van der Waals surface area contributed by atoms with Crippen LogP contribution >= 0.6 is 0 Å². The van der Waals surface area contributed by atoms with E-state index in [-0.39, 0.29) is 0 Å². The van der Waals surface area contributed by atoms with Gasteiger partial charge in [0, 0.05) is 0 Å². The fourth-order valence-corrected chi connectivity index (χ4v) is 1.71. The highest BCUT2D eigenvalue weighted by atomic mass is 16.6. The summed E-state index contributed by atoms with van der Waals surface area (Å²) < 4.78 is 10.3. The molecule has 5 heteroatoms. The molecule has 0 aliphatic heterocycles. The summed E-state index contributed by atoms with van der Waals surface area (Å²) >= 11 is 0. The standard InChI is InChI=1S/C16H31NO4/c1-6-8-10-12-20-14(18)13(16(3,4)5)17-15(19)21-11-9-7-2/h13H,6-12H2,1-5H3,(H,17,19). The molecular weight excluding hydrogens is 270 g/mol. The predicted octanol–water partition coefficient (Wildman–Crippen LogP) is 3.66. The summed E-state index contributed by atoms with van der Waals surface area (Å²) in [5, 5.41) is 2.62. The fourth-order valence-electron chi connectivity index (χ4n) is 1.71. The molecule has 0 saturated carbocycles. The number of ether oxygens (including phenoxy) is 2. The molecule has 5 nitrogen and oxygen atoms in total. The van der Waals surface area contributed by atoms with Crippen LogP contribution in [0.1, 0.15) is 66.7 Å². The molecule has 1 atom stereocenters. The van der Waals surface area contributed by atoms with Crippen molar-refractivity contribution < 1.29 is 19.1 Å². The Balaban J connectivity index is 4.38. The first-order valence-electron chi connectivity index (χ1n) is 7.92. The molecule has 0 aliphatic rings. The molecule has 0 radical (unpaired) electrons. The van der Waals surface area contributed by atoms with E-state index in [9.17, 15) is 9.59 Å². The second kappa shape index (κ2) is 10.5. The SMILES string of the molecule is CCCCCOC(=O)C(NC(=O)OCCCC)C(C)(C)C. The number of rotatable bonds is 9. The van der Waals surface area contributed by atoms with E-state index in [0.29, 0.717) is 13.2 Å². The van der Waals surface area contributed by atoms with E-state index < -0.39 is 23.5 Å². The molecule has 0 aromatic carbocycles. The minimum Gasteiger partial charge on any atom is -0.464 e. The van der Waals surface area contributed by atoms with Crippen molar-refractivity contribution >= 4 is 12.1 Å². The summed E-state index contributed by atoms with van der Waals surface area (Å²) in [6, 6.07) is -0.701. The lowest BCUT2D eigenvalue weighted by molar-refractivity contribution is -0.149. The van der Waals surface area contributed by atoms with E-state index >= 15 is 0 Å². The number of carbonyl (C=O) groups excluding carboxylic acids is 2. The van der Waals surface area contributed by atoms with Gasteiger partial charge in [0.25, 0.3) is 0 Å². The summed E-state index contributed by atoms with van der Waals surface area (Å²) in [5.74, 6) is -0.397. The Hall–Kier alpha value is -1.26. The van der Waals surface area contributed by atoms with Crippen molar-refractivity contribution in [1.82, 2.24) is 5.32 Å². The van der Waals surface area contributed by atoms with Gasteiger partial charge in [0.1, 0.15) is 6.04 Å². The van der Waals surface area contributed by atoms with Gasteiger partial charge in [-0.25, -0.2) is 9.59 Å². The molecule has 1 amide bonds. The topological polar surface area (TPSA) is 64.6 Å². The van der Waals surface area contributed by atoms with Crippen molar-refractivity contribution in [2.75, 3.05) is 13.2 Å². The Bertz CT molecular complexity index is 310. The lowest BCUT2D eigenvalue weighted by Crippen LogP contribution is -2.50. The van der Waals surface area contributed by atoms with Crippen molar-refractivity contribution in [2.24, 2.45) is 5.41 Å². The van der Waals surface area contributed by atoms with E-state index in [1.165, 1.54) is 0 Å². The zero-order chi connectivity index (χ0) is 16.3. The molecule has 0 aromatic rings. The summed E-state index contributed by atoms with van der Waals surface area (Å²) in [5.41, 5.74) is -0.425. The van der Waals surface area contributed by atoms with Crippen LogP contribution < -0.4 is 5.32 Å². The second-order valence-electron chi connectivity index (χ2n) is 6.31. The third-order valence-corrected chi connectivity index (χ3v) is 3.09. The van der Waals surface area contributed by atoms with Gasteiger partial charge in [0.2, 0.25) is 0 Å². The normalized spacial score (nSPS) is 12.6. The molecule has 0 heterocycles. The Morgan fingerprint density at radius 3 is 2.05 bits per heavy atom. The molecule has 0 aromatic heterocycles. The zero-order valence-electron chi connectivity index (χ0n) is 14.2. The maximum Gasteiger partial charge on any atom is 0.407 e. The van der Waals surface area contributed by atoms with Gasteiger partial charge in [-0.15, -0.1) is 0 Å². The number of carbonyl (C=O) groups is 2. The lowest BCUT2D eigenvalue weighted by atomic mass is 9.87. The van der Waals surface area contributed by atoms with Crippen molar-refractivity contribution in [3.63, 3.8) is 0 Å². The third-order valence-electron chi connectivity index (χ3n) is 3.09. The third kappa shape index (κ3) is 9.32. The van der Waals surface area contributed by atoms with E-state index in [4.69, 9.17) is 9.47 Å². The average Bonchev–Trinajstić information content (AvgIpc) is 2.40. The number of hydrogen-bond donors (Lipinski definition) is 1. The zero-order valence-corrected chi connectivity index (χ0v) is 14.2. The first-order chi connectivity index (χ1) is 9.82. The van der Waals surface area contributed by atoms with Crippen molar-refractivity contribution in [1.29, 1.82) is 0 Å². The molecule has 0 aliphatic carbocycles. The van der Waals surface area contributed by atoms with Crippen LogP contribution in [0.4, 0.5) is 4.79 Å². The highest BCUT2D eigenvalue weighted by Crippen LogP contribution is 2.20. The molecule has 21 heavy (non-hydrogen) atoms. The van der Waals surface area contributed by atoms with Gasteiger partial charge in [-0.05, 0) is 18.3 Å². The highest BCUT2D eigenvalue weighted by molar-refractivity contribution is 5.82. The van der Waals surface area contributed by atoms with E-state index in [2.05, 4.69) is 12.2 Å². The average molecular weight is 301 g/mol. The Morgan fingerprint density at radius 2 is 1.52 bits per heavy atom. The van der Waals surface area contributed by atoms with Gasteiger partial charge in [-0.3, -0.25) is 0 Å². The Morgan fingerprint density at radius 1 is 0.952 bits per heavy atom. The molecule has 124 valence electrons. The monoisotopic (exact) mass is 301 g/mol. The summed E-state index contributed by atoms with van der Waals surface area (Å²) in [4.78, 5) is 23.8. The van der Waals surface area contributed by atoms with Crippen LogP contribution in [0.2, 0.25) is 0 Å². The summed E-state index contributed by atoms with van der Waals surface area (Å²) in [6.07, 6.45) is 4.15. The number of alkyl carbamates (subject to hydrolysis) is 1. The van der Waals surface area contributed by atoms with E-state index in [1.54, 1.807) is 0 Å². The van der Waals surface area contributed by atoms with Crippen molar-refractivity contribution in [3.05, 3.63) is 0 Å². The fraction of sp³-hybridized carbons (Fsp3) is 0.875. The number of unbranched alkanes of at least 4 members (excludes halogenated alkanes) is 3. The Labute approximate surface area is 128 Å². The van der Waals surface area contributed by atoms with Crippen LogP contribution in [0.15, 0.2) is 0 Å². The largest absolute Gasteiger partial charge is 0.464 e. The van der Waals surface area contributed by atoms with Crippen LogP contribution in [0.3, 0.4) is 0 Å². The quantitative estimate of drug-likeness (QED) is 0.521. The molecule has 0 rings (SSSR count). The van der Waals surface area contributed by atoms with Gasteiger partial charge in [0.05, 0.1) is 13.2 Å². The number of esters is 1. The summed E-state index contributed by atoms with van der Waals surface area (Å²) in [7, 11) is 0. The van der Waals surface area contributed by atoms with Gasteiger partial charge in [-0.1, -0.05) is 53.9 Å². The molecular formula is C16H31NO4.